The van der Waals surface area contributed by atoms with Crippen molar-refractivity contribution < 1.29 is 9.85 Å². The molecule has 0 saturated carbocycles. The third-order valence-electron chi connectivity index (χ3n) is 2.90. The first-order chi connectivity index (χ1) is 9.95. The van der Waals surface area contributed by atoms with Gasteiger partial charge in [0.1, 0.15) is 5.69 Å². The number of rotatable bonds is 8. The number of hydrogen-bond donors (Lipinski definition) is 1. The molecule has 0 fully saturated rings. The molecule has 0 radical (unpaired) electrons. The summed E-state index contributed by atoms with van der Waals surface area (Å²) in [6.07, 6.45) is 4.02. The SMILES string of the molecule is CCCCCC(C)=NNc1ccc([N+](=O)[O-])cc1[N+](=O)[O-]. The molecule has 1 aromatic carbocycles. The number of unbranched alkanes of at least 4 members (excludes halogenated alkanes) is 2. The van der Waals surface area contributed by atoms with Crippen LogP contribution >= 0.6 is 0 Å². The van der Waals surface area contributed by atoms with Gasteiger partial charge in [-0.1, -0.05) is 19.8 Å². The normalized spacial score (nSPS) is 11.2. The van der Waals surface area contributed by atoms with Crippen LogP contribution in [0.1, 0.15) is 39.5 Å². The number of nitrogens with one attached hydrogen (secondary N) is 1. The Balaban J connectivity index is 2.85. The summed E-state index contributed by atoms with van der Waals surface area (Å²) < 4.78 is 0. The van der Waals surface area contributed by atoms with E-state index >= 15 is 0 Å². The molecule has 0 aromatic heterocycles. The summed E-state index contributed by atoms with van der Waals surface area (Å²) in [5.74, 6) is 0. The first kappa shape index (κ1) is 16.5. The number of anilines is 1. The minimum Gasteiger partial charge on any atom is -0.272 e. The Morgan fingerprint density at radius 3 is 2.52 bits per heavy atom. The van der Waals surface area contributed by atoms with Crippen molar-refractivity contribution in [3.8, 4) is 0 Å². The first-order valence-electron chi connectivity index (χ1n) is 6.67. The van der Waals surface area contributed by atoms with Crippen molar-refractivity contribution in [1.82, 2.24) is 0 Å². The summed E-state index contributed by atoms with van der Waals surface area (Å²) >= 11 is 0. The lowest BCUT2D eigenvalue weighted by molar-refractivity contribution is -0.393. The molecule has 0 amide bonds. The molecule has 114 valence electrons. The highest BCUT2D eigenvalue weighted by Crippen LogP contribution is 2.28. The predicted molar refractivity (Wildman–Crippen MR) is 80.6 cm³/mol. The fourth-order valence-corrected chi connectivity index (χ4v) is 1.72. The largest absolute Gasteiger partial charge is 0.301 e. The van der Waals surface area contributed by atoms with Crippen LogP contribution in [0.25, 0.3) is 0 Å². The van der Waals surface area contributed by atoms with Gasteiger partial charge in [0.15, 0.2) is 0 Å². The second-order valence-electron chi connectivity index (χ2n) is 4.63. The lowest BCUT2D eigenvalue weighted by Crippen LogP contribution is -2.01. The van der Waals surface area contributed by atoms with Crippen LogP contribution < -0.4 is 5.43 Å². The van der Waals surface area contributed by atoms with Crippen LogP contribution in [-0.2, 0) is 0 Å². The number of hydrazone groups is 1. The molecule has 1 rings (SSSR count). The molecular weight excluding hydrogens is 276 g/mol. The standard InChI is InChI=1S/C13H18N4O4/c1-3-4-5-6-10(2)14-15-12-8-7-11(16(18)19)9-13(12)17(20)21/h7-9,15H,3-6H2,1-2H3. The van der Waals surface area contributed by atoms with Crippen LogP contribution in [0.3, 0.4) is 0 Å². The zero-order chi connectivity index (χ0) is 15.8. The topological polar surface area (TPSA) is 111 Å². The fourth-order valence-electron chi connectivity index (χ4n) is 1.72. The summed E-state index contributed by atoms with van der Waals surface area (Å²) in [5, 5.41) is 25.7. The maximum Gasteiger partial charge on any atom is 0.301 e. The highest BCUT2D eigenvalue weighted by molar-refractivity contribution is 5.83. The molecule has 0 bridgehead atoms. The zero-order valence-electron chi connectivity index (χ0n) is 12.0. The molecular formula is C13H18N4O4. The Morgan fingerprint density at radius 2 is 1.95 bits per heavy atom. The van der Waals surface area contributed by atoms with E-state index in [0.717, 1.165) is 37.5 Å². The van der Waals surface area contributed by atoms with Gasteiger partial charge in [0.05, 0.1) is 15.9 Å². The Hall–Kier alpha value is -2.51. The van der Waals surface area contributed by atoms with Gasteiger partial charge < -0.3 is 0 Å². The van der Waals surface area contributed by atoms with Crippen molar-refractivity contribution in [1.29, 1.82) is 0 Å². The zero-order valence-corrected chi connectivity index (χ0v) is 12.0. The van der Waals surface area contributed by atoms with Crippen molar-refractivity contribution in [2.75, 3.05) is 5.43 Å². The summed E-state index contributed by atoms with van der Waals surface area (Å²) in [7, 11) is 0. The lowest BCUT2D eigenvalue weighted by atomic mass is 10.1. The van der Waals surface area contributed by atoms with Gasteiger partial charge in [0.25, 0.3) is 5.69 Å². The summed E-state index contributed by atoms with van der Waals surface area (Å²) in [4.78, 5) is 20.2. The van der Waals surface area contributed by atoms with Gasteiger partial charge in [-0.05, 0) is 25.8 Å². The van der Waals surface area contributed by atoms with Gasteiger partial charge in [-0.25, -0.2) is 0 Å². The van der Waals surface area contributed by atoms with Gasteiger partial charge in [0, 0.05) is 11.8 Å². The van der Waals surface area contributed by atoms with Gasteiger partial charge in [-0.3, -0.25) is 25.7 Å². The molecule has 21 heavy (non-hydrogen) atoms. The second-order valence-corrected chi connectivity index (χ2v) is 4.63. The first-order valence-corrected chi connectivity index (χ1v) is 6.67. The highest BCUT2D eigenvalue weighted by atomic mass is 16.6. The fraction of sp³-hybridized carbons (Fsp3) is 0.462. The van der Waals surface area contributed by atoms with E-state index in [2.05, 4.69) is 17.5 Å². The molecule has 0 saturated heterocycles. The van der Waals surface area contributed by atoms with Gasteiger partial charge >= 0.3 is 5.69 Å². The molecule has 8 nitrogen and oxygen atoms in total. The van der Waals surface area contributed by atoms with Crippen LogP contribution in [0.15, 0.2) is 23.3 Å². The minimum atomic E-state index is -0.671. The number of hydrogen-bond acceptors (Lipinski definition) is 6. The third-order valence-corrected chi connectivity index (χ3v) is 2.90. The van der Waals surface area contributed by atoms with E-state index in [4.69, 9.17) is 0 Å². The average Bonchev–Trinajstić information content (AvgIpc) is 2.45. The average molecular weight is 294 g/mol. The molecule has 0 atom stereocenters. The van der Waals surface area contributed by atoms with Crippen LogP contribution in [0, 0.1) is 20.2 Å². The Bertz CT molecular complexity index is 557. The summed E-state index contributed by atoms with van der Waals surface area (Å²) in [6, 6.07) is 3.42. The van der Waals surface area contributed by atoms with E-state index < -0.39 is 9.85 Å². The molecule has 0 unspecified atom stereocenters. The Morgan fingerprint density at radius 1 is 1.24 bits per heavy atom. The van der Waals surface area contributed by atoms with Gasteiger partial charge in [0.2, 0.25) is 0 Å². The van der Waals surface area contributed by atoms with Crippen molar-refractivity contribution in [2.45, 2.75) is 39.5 Å². The Labute approximate surface area is 122 Å². The van der Waals surface area contributed by atoms with E-state index in [1.54, 1.807) is 0 Å². The maximum atomic E-state index is 10.9. The predicted octanol–water partition coefficient (Wildman–Crippen LogP) is 3.87. The number of benzene rings is 1. The molecule has 0 heterocycles. The summed E-state index contributed by atoms with van der Waals surface area (Å²) in [5.41, 5.74) is 2.89. The van der Waals surface area contributed by atoms with Crippen LogP contribution in [0.4, 0.5) is 17.1 Å². The molecule has 0 aliphatic carbocycles. The molecule has 0 spiro atoms. The molecule has 1 N–H and O–H groups in total. The van der Waals surface area contributed by atoms with Gasteiger partial charge in [-0.2, -0.15) is 5.10 Å². The maximum absolute atomic E-state index is 10.9. The number of nitro groups is 2. The minimum absolute atomic E-state index is 0.139. The molecule has 8 heteroatoms. The second kappa shape index (κ2) is 7.93. The number of nitro benzene ring substituents is 2. The van der Waals surface area contributed by atoms with Crippen LogP contribution in [0.5, 0.6) is 0 Å². The van der Waals surface area contributed by atoms with E-state index in [9.17, 15) is 20.2 Å². The third kappa shape index (κ3) is 5.17. The lowest BCUT2D eigenvalue weighted by Gasteiger charge is -2.04. The van der Waals surface area contributed by atoms with Gasteiger partial charge in [-0.15, -0.1) is 0 Å². The molecule has 0 aliphatic rings. The molecule has 1 aromatic rings. The van der Waals surface area contributed by atoms with E-state index in [1.807, 2.05) is 6.92 Å². The van der Waals surface area contributed by atoms with Crippen molar-refractivity contribution in [3.63, 3.8) is 0 Å². The molecule has 0 aliphatic heterocycles. The Kier molecular flexibility index (Phi) is 6.25. The smallest absolute Gasteiger partial charge is 0.272 e. The highest BCUT2D eigenvalue weighted by Gasteiger charge is 2.19. The van der Waals surface area contributed by atoms with E-state index in [1.165, 1.54) is 12.1 Å². The van der Waals surface area contributed by atoms with Crippen molar-refractivity contribution >= 4 is 22.8 Å². The number of nitrogens with zero attached hydrogens (tertiary/aromatic N) is 3. The van der Waals surface area contributed by atoms with Crippen LogP contribution in [-0.4, -0.2) is 15.6 Å². The van der Waals surface area contributed by atoms with E-state index in [-0.39, 0.29) is 17.1 Å². The number of non-ortho nitro benzene ring substituents is 1. The van der Waals surface area contributed by atoms with E-state index in [0.29, 0.717) is 0 Å². The summed E-state index contributed by atoms with van der Waals surface area (Å²) in [6.45, 7) is 3.94. The quantitative estimate of drug-likeness (QED) is 0.338. The van der Waals surface area contributed by atoms with Crippen molar-refractivity contribution in [3.05, 3.63) is 38.4 Å². The van der Waals surface area contributed by atoms with Crippen LogP contribution in [0.2, 0.25) is 0 Å². The monoisotopic (exact) mass is 294 g/mol. The van der Waals surface area contributed by atoms with Crippen molar-refractivity contribution in [2.24, 2.45) is 5.10 Å².